The highest BCUT2D eigenvalue weighted by Crippen LogP contribution is 2.33. The summed E-state index contributed by atoms with van der Waals surface area (Å²) in [4.78, 5) is 19.1. The molecule has 1 aliphatic heterocycles. The van der Waals surface area contributed by atoms with E-state index in [0.717, 1.165) is 43.5 Å². The van der Waals surface area contributed by atoms with Crippen LogP contribution in [0.5, 0.6) is 5.75 Å². The largest absolute Gasteiger partial charge is 0.497 e. The number of aromatic nitrogens is 2. The quantitative estimate of drug-likeness (QED) is 0.854. The predicted octanol–water partition coefficient (Wildman–Crippen LogP) is 3.25. The van der Waals surface area contributed by atoms with E-state index in [1.807, 2.05) is 29.2 Å². The minimum absolute atomic E-state index is 0.129. The molecule has 132 valence electrons. The molecule has 0 bridgehead atoms. The first kappa shape index (κ1) is 16.1. The first-order valence-electron chi connectivity index (χ1n) is 9.01. The monoisotopic (exact) mass is 341 g/mol. The summed E-state index contributed by atoms with van der Waals surface area (Å²) >= 11 is 0. The lowest BCUT2D eigenvalue weighted by atomic mass is 9.83. The Kier molecular flexibility index (Phi) is 4.42. The summed E-state index contributed by atoms with van der Waals surface area (Å²) in [6, 6.07) is 7.62. The van der Waals surface area contributed by atoms with Gasteiger partial charge >= 0.3 is 0 Å². The molecule has 4 rings (SSSR count). The average molecular weight is 341 g/mol. The summed E-state index contributed by atoms with van der Waals surface area (Å²) in [5, 5.41) is 4.12. The van der Waals surface area contributed by atoms with Crippen LogP contribution >= 0.6 is 0 Å². The van der Waals surface area contributed by atoms with Crippen LogP contribution in [0.25, 0.3) is 11.4 Å². The number of amides is 1. The summed E-state index contributed by atoms with van der Waals surface area (Å²) in [6.07, 6.45) is 5.23. The maximum atomic E-state index is 12.5. The zero-order chi connectivity index (χ0) is 17.2. The molecule has 0 radical (unpaired) electrons. The summed E-state index contributed by atoms with van der Waals surface area (Å²) < 4.78 is 10.8. The van der Waals surface area contributed by atoms with E-state index in [9.17, 15) is 4.79 Å². The lowest BCUT2D eigenvalue weighted by Crippen LogP contribution is -2.44. The number of rotatable bonds is 4. The van der Waals surface area contributed by atoms with Crippen LogP contribution in [0, 0.1) is 5.92 Å². The van der Waals surface area contributed by atoms with Gasteiger partial charge in [0.05, 0.1) is 13.0 Å². The standard InChI is InChI=1S/C19H23N3O3/c1-24-16-9-3-7-14(11-16)17-20-18(25-21-17)15-8-4-10-22(12-15)19(23)13-5-2-6-13/h3,7,9,11,13,15H,2,4-6,8,10,12H2,1H3/t15-/m1/s1. The van der Waals surface area contributed by atoms with E-state index in [2.05, 4.69) is 10.1 Å². The highest BCUT2D eigenvalue weighted by Gasteiger charge is 2.34. The fourth-order valence-electron chi connectivity index (χ4n) is 3.57. The first-order valence-corrected chi connectivity index (χ1v) is 9.01. The van der Waals surface area contributed by atoms with E-state index >= 15 is 0 Å². The SMILES string of the molecule is COc1cccc(-c2noc([C@@H]3CCCN(C(=O)C4CCC4)C3)n2)c1. The molecule has 1 aromatic carbocycles. The topological polar surface area (TPSA) is 68.5 Å². The Morgan fingerprint density at radius 2 is 2.16 bits per heavy atom. The summed E-state index contributed by atoms with van der Waals surface area (Å²) in [6.45, 7) is 1.54. The second-order valence-electron chi connectivity index (χ2n) is 6.94. The number of likely N-dealkylation sites (tertiary alicyclic amines) is 1. The van der Waals surface area contributed by atoms with Crippen molar-refractivity contribution in [3.05, 3.63) is 30.2 Å². The molecule has 0 N–H and O–H groups in total. The van der Waals surface area contributed by atoms with Crippen LogP contribution in [-0.4, -0.2) is 41.1 Å². The molecule has 0 spiro atoms. The highest BCUT2D eigenvalue weighted by molar-refractivity contribution is 5.79. The van der Waals surface area contributed by atoms with Crippen molar-refractivity contribution in [2.75, 3.05) is 20.2 Å². The molecule has 6 heteroatoms. The van der Waals surface area contributed by atoms with Crippen molar-refractivity contribution in [1.82, 2.24) is 15.0 Å². The smallest absolute Gasteiger partial charge is 0.231 e. The van der Waals surface area contributed by atoms with Crippen LogP contribution in [0.15, 0.2) is 28.8 Å². The summed E-state index contributed by atoms with van der Waals surface area (Å²) in [5.41, 5.74) is 0.868. The van der Waals surface area contributed by atoms with E-state index < -0.39 is 0 Å². The Bertz CT molecular complexity index is 754. The van der Waals surface area contributed by atoms with Crippen molar-refractivity contribution in [2.24, 2.45) is 5.92 Å². The minimum Gasteiger partial charge on any atom is -0.497 e. The third-order valence-electron chi connectivity index (χ3n) is 5.31. The van der Waals surface area contributed by atoms with Crippen molar-refractivity contribution in [3.63, 3.8) is 0 Å². The Morgan fingerprint density at radius 3 is 2.92 bits per heavy atom. The third kappa shape index (κ3) is 3.25. The van der Waals surface area contributed by atoms with Gasteiger partial charge in [-0.1, -0.05) is 23.7 Å². The fraction of sp³-hybridized carbons (Fsp3) is 0.526. The van der Waals surface area contributed by atoms with Crippen LogP contribution in [0.2, 0.25) is 0 Å². The lowest BCUT2D eigenvalue weighted by molar-refractivity contribution is -0.139. The van der Waals surface area contributed by atoms with E-state index in [1.54, 1.807) is 7.11 Å². The van der Waals surface area contributed by atoms with E-state index in [4.69, 9.17) is 9.26 Å². The first-order chi connectivity index (χ1) is 12.2. The van der Waals surface area contributed by atoms with Crippen molar-refractivity contribution in [2.45, 2.75) is 38.0 Å². The Hall–Kier alpha value is -2.37. The maximum Gasteiger partial charge on any atom is 0.231 e. The second kappa shape index (κ2) is 6.86. The van der Waals surface area contributed by atoms with Gasteiger partial charge in [0.1, 0.15) is 5.75 Å². The Balaban J connectivity index is 1.48. The Labute approximate surface area is 147 Å². The van der Waals surface area contributed by atoms with Crippen LogP contribution in [-0.2, 0) is 4.79 Å². The third-order valence-corrected chi connectivity index (χ3v) is 5.31. The van der Waals surface area contributed by atoms with Gasteiger partial charge in [0, 0.05) is 24.6 Å². The van der Waals surface area contributed by atoms with Gasteiger partial charge in [-0.25, -0.2) is 0 Å². The number of nitrogens with zero attached hydrogens (tertiary/aromatic N) is 3. The molecule has 1 saturated heterocycles. The second-order valence-corrected chi connectivity index (χ2v) is 6.94. The molecule has 25 heavy (non-hydrogen) atoms. The number of piperidine rings is 1. The fourth-order valence-corrected chi connectivity index (χ4v) is 3.57. The molecular weight excluding hydrogens is 318 g/mol. The number of hydrogen-bond acceptors (Lipinski definition) is 5. The van der Waals surface area contributed by atoms with Crippen molar-refractivity contribution in [1.29, 1.82) is 0 Å². The van der Waals surface area contributed by atoms with Crippen LogP contribution in [0.1, 0.15) is 43.9 Å². The lowest BCUT2D eigenvalue weighted by Gasteiger charge is -2.36. The van der Waals surface area contributed by atoms with Crippen molar-refractivity contribution in [3.8, 4) is 17.1 Å². The zero-order valence-corrected chi connectivity index (χ0v) is 14.5. The number of benzene rings is 1. The molecular formula is C19H23N3O3. The van der Waals surface area contributed by atoms with Gasteiger partial charge in [-0.15, -0.1) is 0 Å². The molecule has 1 atom stereocenters. The predicted molar refractivity (Wildman–Crippen MR) is 92.2 cm³/mol. The number of carbonyl (C=O) groups excluding carboxylic acids is 1. The van der Waals surface area contributed by atoms with Crippen molar-refractivity contribution >= 4 is 5.91 Å². The van der Waals surface area contributed by atoms with E-state index in [0.29, 0.717) is 24.2 Å². The summed E-state index contributed by atoms with van der Waals surface area (Å²) in [5.74, 6) is 2.64. The van der Waals surface area contributed by atoms with Gasteiger partial charge in [0.25, 0.3) is 0 Å². The van der Waals surface area contributed by atoms with Crippen LogP contribution in [0.4, 0.5) is 0 Å². The zero-order valence-electron chi connectivity index (χ0n) is 14.5. The molecule has 1 aromatic heterocycles. The summed E-state index contributed by atoms with van der Waals surface area (Å²) in [7, 11) is 1.64. The van der Waals surface area contributed by atoms with Gasteiger partial charge < -0.3 is 14.2 Å². The van der Waals surface area contributed by atoms with E-state index in [1.165, 1.54) is 6.42 Å². The van der Waals surface area contributed by atoms with E-state index in [-0.39, 0.29) is 11.8 Å². The molecule has 0 unspecified atom stereocenters. The average Bonchev–Trinajstić information content (AvgIpc) is 3.10. The molecule has 6 nitrogen and oxygen atoms in total. The minimum atomic E-state index is 0.129. The van der Waals surface area contributed by atoms with Gasteiger partial charge in [-0.05, 0) is 37.8 Å². The van der Waals surface area contributed by atoms with Crippen molar-refractivity contribution < 1.29 is 14.1 Å². The van der Waals surface area contributed by atoms with Gasteiger partial charge in [-0.2, -0.15) is 4.98 Å². The molecule has 2 aromatic rings. The molecule has 1 amide bonds. The molecule has 2 aliphatic rings. The number of carbonyl (C=O) groups is 1. The highest BCUT2D eigenvalue weighted by atomic mass is 16.5. The number of ether oxygens (including phenoxy) is 1. The van der Waals surface area contributed by atoms with Crippen LogP contribution in [0.3, 0.4) is 0 Å². The molecule has 1 aliphatic carbocycles. The normalized spacial score (nSPS) is 21.0. The number of hydrogen-bond donors (Lipinski definition) is 0. The maximum absolute atomic E-state index is 12.5. The van der Waals surface area contributed by atoms with Gasteiger partial charge in [-0.3, -0.25) is 4.79 Å². The van der Waals surface area contributed by atoms with Crippen LogP contribution < -0.4 is 4.74 Å². The van der Waals surface area contributed by atoms with Gasteiger partial charge in [0.2, 0.25) is 17.6 Å². The Morgan fingerprint density at radius 1 is 1.28 bits per heavy atom. The molecule has 1 saturated carbocycles. The van der Waals surface area contributed by atoms with Gasteiger partial charge in [0.15, 0.2) is 0 Å². The molecule has 2 heterocycles. The number of methoxy groups -OCH3 is 1. The molecule has 2 fully saturated rings.